The number of benzene rings is 1. The second kappa shape index (κ2) is 12.3. The number of carbonyl (C=O) groups excluding carboxylic acids is 1. The number of nitrogens with one attached hydrogen (secondary N) is 1. The fourth-order valence-corrected chi connectivity index (χ4v) is 5.79. The Balaban J connectivity index is 1.01. The summed E-state index contributed by atoms with van der Waals surface area (Å²) in [6.07, 6.45) is 15.2. The average molecular weight is 527 g/mol. The number of carbonyl (C=O) groups is 1. The number of aromatic nitrogens is 2. The Kier molecular flexibility index (Phi) is 8.69. The highest BCUT2D eigenvalue weighted by atomic mass is 35.5. The van der Waals surface area contributed by atoms with E-state index in [0.717, 1.165) is 56.1 Å². The molecule has 3 aliphatic heterocycles. The third-order valence-electron chi connectivity index (χ3n) is 7.77. The minimum atomic E-state index is -0.377. The summed E-state index contributed by atoms with van der Waals surface area (Å²) >= 11 is 6.24. The summed E-state index contributed by atoms with van der Waals surface area (Å²) in [5.41, 5.74) is 5.47. The summed E-state index contributed by atoms with van der Waals surface area (Å²) in [6, 6.07) is 6.22. The molecule has 0 spiro atoms. The number of halogens is 1. The number of piperidine rings is 1. The summed E-state index contributed by atoms with van der Waals surface area (Å²) in [7, 11) is 2.12. The SMILES string of the molecule is C[N+]1=CC(CCCCC2CCN(c3ncc(C(=O)NOC4CCCCO4)cn3)CC2)c2cc(Cl)ccc21. The quantitative estimate of drug-likeness (QED) is 0.273. The van der Waals surface area contributed by atoms with Gasteiger partial charge in [-0.15, -0.1) is 0 Å². The van der Waals surface area contributed by atoms with Crippen LogP contribution in [0, 0.1) is 5.92 Å². The lowest BCUT2D eigenvalue weighted by molar-refractivity contribution is -0.396. The van der Waals surface area contributed by atoms with E-state index in [0.29, 0.717) is 24.0 Å². The molecule has 0 bridgehead atoms. The molecular formula is C28H37ClN5O3+. The van der Waals surface area contributed by atoms with Crippen LogP contribution in [0.1, 0.15) is 79.6 Å². The molecule has 8 nitrogen and oxygen atoms in total. The number of amides is 1. The van der Waals surface area contributed by atoms with E-state index in [-0.39, 0.29) is 12.2 Å². The van der Waals surface area contributed by atoms with E-state index in [1.807, 2.05) is 6.07 Å². The molecule has 1 amide bonds. The van der Waals surface area contributed by atoms with Gasteiger partial charge in [-0.1, -0.05) is 30.9 Å². The van der Waals surface area contributed by atoms with Crippen LogP contribution in [0.25, 0.3) is 0 Å². The number of hydrogen-bond acceptors (Lipinski definition) is 6. The molecule has 9 heteroatoms. The van der Waals surface area contributed by atoms with E-state index in [1.165, 1.54) is 36.9 Å². The van der Waals surface area contributed by atoms with Crippen LogP contribution in [0.2, 0.25) is 5.02 Å². The second-order valence-corrected chi connectivity index (χ2v) is 10.8. The number of anilines is 1. The van der Waals surface area contributed by atoms with Gasteiger partial charge in [0.1, 0.15) is 7.05 Å². The van der Waals surface area contributed by atoms with Gasteiger partial charge in [-0.3, -0.25) is 4.79 Å². The fraction of sp³-hybridized carbons (Fsp3) is 0.571. The summed E-state index contributed by atoms with van der Waals surface area (Å²) in [4.78, 5) is 28.8. The van der Waals surface area contributed by atoms with Crippen molar-refractivity contribution in [2.45, 2.75) is 70.0 Å². The van der Waals surface area contributed by atoms with Gasteiger partial charge in [0.25, 0.3) is 5.91 Å². The molecule has 5 rings (SSSR count). The fourth-order valence-electron chi connectivity index (χ4n) is 5.61. The lowest BCUT2D eigenvalue weighted by atomic mass is 9.89. The van der Waals surface area contributed by atoms with Gasteiger partial charge in [-0.2, -0.15) is 0 Å². The minimum Gasteiger partial charge on any atom is -0.350 e. The third-order valence-corrected chi connectivity index (χ3v) is 8.00. The van der Waals surface area contributed by atoms with Crippen molar-refractivity contribution in [3.8, 4) is 0 Å². The van der Waals surface area contributed by atoms with Crippen LogP contribution in [0.4, 0.5) is 11.6 Å². The zero-order valence-electron chi connectivity index (χ0n) is 21.6. The molecule has 1 aromatic heterocycles. The first-order chi connectivity index (χ1) is 18.1. The van der Waals surface area contributed by atoms with Crippen LogP contribution < -0.4 is 10.4 Å². The number of unbranched alkanes of at least 4 members (excludes halogenated alkanes) is 1. The molecular weight excluding hydrogens is 490 g/mol. The van der Waals surface area contributed by atoms with Crippen molar-refractivity contribution < 1.29 is 18.9 Å². The molecule has 2 fully saturated rings. The van der Waals surface area contributed by atoms with Crippen LogP contribution in [-0.4, -0.2) is 59.7 Å². The normalized spacial score (nSPS) is 22.0. The maximum absolute atomic E-state index is 12.3. The van der Waals surface area contributed by atoms with Gasteiger partial charge >= 0.3 is 0 Å². The monoisotopic (exact) mass is 526 g/mol. The van der Waals surface area contributed by atoms with Crippen LogP contribution >= 0.6 is 11.6 Å². The molecule has 0 aliphatic carbocycles. The van der Waals surface area contributed by atoms with E-state index in [1.54, 1.807) is 12.4 Å². The Morgan fingerprint density at radius 1 is 1.16 bits per heavy atom. The van der Waals surface area contributed by atoms with E-state index >= 15 is 0 Å². The molecule has 2 saturated heterocycles. The van der Waals surface area contributed by atoms with Crippen molar-refractivity contribution in [3.05, 3.63) is 46.7 Å². The van der Waals surface area contributed by atoms with E-state index in [4.69, 9.17) is 21.2 Å². The smallest absolute Gasteiger partial charge is 0.278 e. The molecule has 2 atom stereocenters. The zero-order chi connectivity index (χ0) is 25.6. The average Bonchev–Trinajstić information content (AvgIpc) is 3.25. The van der Waals surface area contributed by atoms with Crippen LogP contribution in [0.3, 0.4) is 0 Å². The predicted molar refractivity (Wildman–Crippen MR) is 144 cm³/mol. The topological polar surface area (TPSA) is 79.6 Å². The number of hydrogen-bond donors (Lipinski definition) is 1. The van der Waals surface area contributed by atoms with Gasteiger partial charge in [-0.05, 0) is 50.2 Å². The summed E-state index contributed by atoms with van der Waals surface area (Å²) in [6.45, 7) is 2.56. The molecule has 2 aromatic rings. The summed E-state index contributed by atoms with van der Waals surface area (Å²) in [5, 5.41) is 0.819. The van der Waals surface area contributed by atoms with E-state index < -0.39 is 0 Å². The number of ether oxygens (including phenoxy) is 1. The predicted octanol–water partition coefficient (Wildman–Crippen LogP) is 5.24. The Morgan fingerprint density at radius 2 is 1.95 bits per heavy atom. The highest BCUT2D eigenvalue weighted by molar-refractivity contribution is 6.30. The first kappa shape index (κ1) is 26.1. The van der Waals surface area contributed by atoms with Crippen molar-refractivity contribution in [1.29, 1.82) is 0 Å². The van der Waals surface area contributed by atoms with Gasteiger partial charge in [0.05, 0.1) is 11.5 Å². The van der Waals surface area contributed by atoms with E-state index in [2.05, 4.69) is 50.3 Å². The second-order valence-electron chi connectivity index (χ2n) is 10.4. The number of nitrogens with zero attached hydrogens (tertiary/aromatic N) is 4. The van der Waals surface area contributed by atoms with Crippen molar-refractivity contribution >= 4 is 35.4 Å². The lowest BCUT2D eigenvalue weighted by Crippen LogP contribution is -2.35. The largest absolute Gasteiger partial charge is 0.350 e. The van der Waals surface area contributed by atoms with Crippen molar-refractivity contribution in [2.24, 2.45) is 5.92 Å². The van der Waals surface area contributed by atoms with Crippen molar-refractivity contribution in [1.82, 2.24) is 15.4 Å². The molecule has 1 aromatic carbocycles. The molecule has 0 saturated carbocycles. The lowest BCUT2D eigenvalue weighted by Gasteiger charge is -2.32. The molecule has 1 N–H and O–H groups in total. The molecule has 198 valence electrons. The Hall–Kier alpha value is -2.55. The Morgan fingerprint density at radius 3 is 2.70 bits per heavy atom. The highest BCUT2D eigenvalue weighted by Crippen LogP contribution is 2.36. The van der Waals surface area contributed by atoms with Crippen LogP contribution in [0.5, 0.6) is 0 Å². The molecule has 0 radical (unpaired) electrons. The van der Waals surface area contributed by atoms with Crippen molar-refractivity contribution in [2.75, 3.05) is 31.6 Å². The Bertz CT molecular complexity index is 1100. The molecule has 3 aliphatic rings. The Labute approximate surface area is 224 Å². The summed E-state index contributed by atoms with van der Waals surface area (Å²) in [5.74, 6) is 1.55. The first-order valence-corrected chi connectivity index (χ1v) is 14.0. The number of fused-ring (bicyclic) bond motifs is 1. The van der Waals surface area contributed by atoms with Gasteiger partial charge < -0.3 is 9.64 Å². The maximum atomic E-state index is 12.3. The van der Waals surface area contributed by atoms with Gasteiger partial charge in [0, 0.05) is 55.2 Å². The van der Waals surface area contributed by atoms with Gasteiger partial charge in [0.15, 0.2) is 12.5 Å². The third kappa shape index (κ3) is 6.67. The van der Waals surface area contributed by atoms with Crippen molar-refractivity contribution in [3.63, 3.8) is 0 Å². The minimum absolute atomic E-state index is 0.354. The zero-order valence-corrected chi connectivity index (χ0v) is 22.3. The molecule has 37 heavy (non-hydrogen) atoms. The summed E-state index contributed by atoms with van der Waals surface area (Å²) < 4.78 is 7.69. The highest BCUT2D eigenvalue weighted by Gasteiger charge is 2.28. The van der Waals surface area contributed by atoms with Crippen LogP contribution in [0.15, 0.2) is 30.6 Å². The molecule has 2 unspecified atom stereocenters. The van der Waals surface area contributed by atoms with Crippen LogP contribution in [-0.2, 0) is 9.57 Å². The van der Waals surface area contributed by atoms with Gasteiger partial charge in [0.2, 0.25) is 11.6 Å². The first-order valence-electron chi connectivity index (χ1n) is 13.6. The number of hydroxylamine groups is 1. The standard InChI is InChI=1S/C28H36ClN5O3/c1-33-19-21(24-16-23(29)9-10-25(24)33)7-3-2-6-20-11-13-34(14-12-20)28-30-17-22(18-31-28)27(35)32-37-26-8-4-5-15-36-26/h9-10,16-21,26H,2-8,11-15H2,1H3/p+1. The molecule has 4 heterocycles. The maximum Gasteiger partial charge on any atom is 0.278 e. The van der Waals surface area contributed by atoms with Gasteiger partial charge in [-0.25, -0.2) is 24.9 Å². The van der Waals surface area contributed by atoms with E-state index in [9.17, 15) is 4.79 Å². The number of rotatable bonds is 9.